The van der Waals surface area contributed by atoms with E-state index in [1.807, 2.05) is 6.92 Å². The lowest BCUT2D eigenvalue weighted by molar-refractivity contribution is -0.321. The van der Waals surface area contributed by atoms with Crippen molar-refractivity contribution in [2.45, 2.75) is 82.8 Å². The molecule has 3 rings (SSSR count). The van der Waals surface area contributed by atoms with E-state index in [1.54, 1.807) is 6.92 Å². The zero-order valence-electron chi connectivity index (χ0n) is 19.7. The fraction of sp³-hybridized carbons (Fsp3) is 0.773. The minimum absolute atomic E-state index is 0.180. The number of carbonyl (C=O) groups is 5. The Morgan fingerprint density at radius 3 is 2.23 bits per heavy atom. The first-order chi connectivity index (χ1) is 16.2. The van der Waals surface area contributed by atoms with E-state index in [0.717, 1.165) is 25.7 Å². The third kappa shape index (κ3) is 8.18. The monoisotopic (exact) mass is 504 g/mol. The van der Waals surface area contributed by atoms with Crippen LogP contribution in [0.1, 0.15) is 58.8 Å². The van der Waals surface area contributed by atoms with Crippen LogP contribution < -0.4 is 21.3 Å². The summed E-state index contributed by atoms with van der Waals surface area (Å²) < 4.78 is 41.0. The Morgan fingerprint density at radius 1 is 1.06 bits per heavy atom. The van der Waals surface area contributed by atoms with Crippen LogP contribution in [0.25, 0.3) is 0 Å². The van der Waals surface area contributed by atoms with Gasteiger partial charge in [-0.05, 0) is 57.3 Å². The molecule has 0 bridgehead atoms. The highest BCUT2D eigenvalue weighted by Crippen LogP contribution is 2.48. The Morgan fingerprint density at radius 2 is 1.71 bits per heavy atom. The maximum atomic E-state index is 13.1. The fourth-order valence-electron chi connectivity index (χ4n) is 3.94. The molecule has 0 aromatic carbocycles. The Kier molecular flexibility index (Phi) is 7.77. The molecule has 1 heterocycles. The number of hydrogen-bond acceptors (Lipinski definition) is 6. The lowest BCUT2D eigenvalue weighted by Gasteiger charge is -2.26. The Hall–Kier alpha value is -2.70. The standard InChI is InChI=1S/C22H31F3N4O6/c1-20(4-5-20)10-14(28-18(33)19(34)29-21(2)6-7-21)17(32)27-13(9-12-3-8-26-16(12)31)15(30)11-35-22(23,24)25/h12-14H,3-11H2,1-2H3,(H,26,31)(H,27,32)(H,28,33)(H,29,34)/t12-,13-,14?/m0/s1. The van der Waals surface area contributed by atoms with Gasteiger partial charge in [-0.2, -0.15) is 0 Å². The summed E-state index contributed by atoms with van der Waals surface area (Å²) in [5.41, 5.74) is -0.703. The molecule has 4 amide bonds. The van der Waals surface area contributed by atoms with Gasteiger partial charge in [-0.25, -0.2) is 0 Å². The first-order valence-electron chi connectivity index (χ1n) is 11.6. The van der Waals surface area contributed by atoms with E-state index in [1.165, 1.54) is 0 Å². The van der Waals surface area contributed by atoms with E-state index in [9.17, 15) is 37.1 Å². The van der Waals surface area contributed by atoms with Crippen molar-refractivity contribution in [3.05, 3.63) is 0 Å². The first-order valence-corrected chi connectivity index (χ1v) is 11.6. The van der Waals surface area contributed by atoms with Gasteiger partial charge in [0.2, 0.25) is 11.8 Å². The molecule has 2 aliphatic carbocycles. The summed E-state index contributed by atoms with van der Waals surface area (Å²) in [4.78, 5) is 62.3. The number of ether oxygens (including phenoxy) is 1. The first kappa shape index (κ1) is 26.9. The van der Waals surface area contributed by atoms with Crippen LogP contribution >= 0.6 is 0 Å². The van der Waals surface area contributed by atoms with Gasteiger partial charge in [-0.3, -0.25) is 28.7 Å². The highest BCUT2D eigenvalue weighted by molar-refractivity contribution is 6.35. The van der Waals surface area contributed by atoms with E-state index in [2.05, 4.69) is 26.0 Å². The van der Waals surface area contributed by atoms with E-state index in [0.29, 0.717) is 13.0 Å². The summed E-state index contributed by atoms with van der Waals surface area (Å²) >= 11 is 0. The highest BCUT2D eigenvalue weighted by Gasteiger charge is 2.44. The highest BCUT2D eigenvalue weighted by atomic mass is 19.4. The van der Waals surface area contributed by atoms with Gasteiger partial charge in [0.25, 0.3) is 0 Å². The van der Waals surface area contributed by atoms with E-state index in [-0.39, 0.29) is 24.2 Å². The van der Waals surface area contributed by atoms with Crippen molar-refractivity contribution < 1.29 is 41.9 Å². The van der Waals surface area contributed by atoms with Gasteiger partial charge < -0.3 is 21.3 Å². The van der Waals surface area contributed by atoms with Crippen molar-refractivity contribution in [1.82, 2.24) is 21.3 Å². The van der Waals surface area contributed by atoms with Crippen molar-refractivity contribution in [3.8, 4) is 0 Å². The lowest BCUT2D eigenvalue weighted by atomic mass is 9.94. The molecule has 3 aliphatic rings. The van der Waals surface area contributed by atoms with Crippen molar-refractivity contribution in [2.75, 3.05) is 13.2 Å². The maximum Gasteiger partial charge on any atom is 0.522 e. The lowest BCUT2D eigenvalue weighted by Crippen LogP contribution is -2.56. The molecule has 1 aliphatic heterocycles. The number of hydrogen-bond donors (Lipinski definition) is 4. The summed E-state index contributed by atoms with van der Waals surface area (Å²) in [6, 6.07) is -2.63. The third-order valence-corrected chi connectivity index (χ3v) is 6.81. The molecule has 35 heavy (non-hydrogen) atoms. The predicted molar refractivity (Wildman–Crippen MR) is 114 cm³/mol. The zero-order chi connectivity index (χ0) is 26.0. The number of amides is 4. The molecule has 0 aromatic rings. The number of Topliss-reactive ketones (excluding diaryl/α,β-unsaturated/α-hetero) is 1. The molecule has 3 fully saturated rings. The van der Waals surface area contributed by atoms with Gasteiger partial charge >= 0.3 is 18.2 Å². The average molecular weight is 505 g/mol. The Labute approximate surface area is 200 Å². The topological polar surface area (TPSA) is 143 Å². The largest absolute Gasteiger partial charge is 0.522 e. The summed E-state index contributed by atoms with van der Waals surface area (Å²) in [5, 5.41) is 9.96. The van der Waals surface area contributed by atoms with E-state index < -0.39 is 60.0 Å². The minimum atomic E-state index is -5.04. The molecular weight excluding hydrogens is 473 g/mol. The van der Waals surface area contributed by atoms with Gasteiger partial charge in [-0.15, -0.1) is 13.2 Å². The Balaban J connectivity index is 1.69. The van der Waals surface area contributed by atoms with E-state index in [4.69, 9.17) is 0 Å². The van der Waals surface area contributed by atoms with Gasteiger partial charge in [0, 0.05) is 18.0 Å². The fourth-order valence-corrected chi connectivity index (χ4v) is 3.94. The predicted octanol–water partition coefficient (Wildman–Crippen LogP) is 0.447. The molecule has 3 atom stereocenters. The number of alkyl halides is 3. The van der Waals surface area contributed by atoms with Crippen LogP contribution in [0.15, 0.2) is 0 Å². The van der Waals surface area contributed by atoms with Crippen molar-refractivity contribution in [2.24, 2.45) is 11.3 Å². The maximum absolute atomic E-state index is 13.1. The quantitative estimate of drug-likeness (QED) is 0.301. The summed E-state index contributed by atoms with van der Waals surface area (Å²) in [6.07, 6.45) is -1.68. The molecule has 10 nitrogen and oxygen atoms in total. The number of rotatable bonds is 11. The SMILES string of the molecule is CC1(CC(NC(=O)C(=O)NC2(C)CC2)C(=O)N[C@@H](C[C@@H]2CCNC2=O)C(=O)COC(F)(F)F)CC1. The molecule has 0 spiro atoms. The van der Waals surface area contributed by atoms with Crippen LogP contribution in [0.3, 0.4) is 0 Å². The van der Waals surface area contributed by atoms with Crippen LogP contribution in [0.4, 0.5) is 13.2 Å². The van der Waals surface area contributed by atoms with Gasteiger partial charge in [0.05, 0.1) is 6.04 Å². The molecule has 0 aromatic heterocycles. The summed E-state index contributed by atoms with van der Waals surface area (Å²) in [6.45, 7) is 2.69. The summed E-state index contributed by atoms with van der Waals surface area (Å²) in [5.74, 6) is -4.82. The molecular formula is C22H31F3N4O6. The van der Waals surface area contributed by atoms with Crippen molar-refractivity contribution >= 4 is 29.4 Å². The molecule has 1 saturated heterocycles. The number of nitrogens with one attached hydrogen (secondary N) is 4. The third-order valence-electron chi connectivity index (χ3n) is 6.81. The molecule has 4 N–H and O–H groups in total. The second-order valence-corrected chi connectivity index (χ2v) is 10.3. The molecule has 0 radical (unpaired) electrons. The zero-order valence-corrected chi connectivity index (χ0v) is 19.7. The molecule has 13 heteroatoms. The Bertz CT molecular complexity index is 885. The molecule has 1 unspecified atom stereocenters. The van der Waals surface area contributed by atoms with Crippen LogP contribution in [-0.4, -0.2) is 66.5 Å². The molecule has 196 valence electrons. The van der Waals surface area contributed by atoms with Gasteiger partial charge in [0.15, 0.2) is 5.78 Å². The summed E-state index contributed by atoms with van der Waals surface area (Å²) in [7, 11) is 0. The normalized spacial score (nSPS) is 23.5. The smallest absolute Gasteiger partial charge is 0.356 e. The number of halogens is 3. The van der Waals surface area contributed by atoms with Crippen LogP contribution in [-0.2, 0) is 28.7 Å². The van der Waals surface area contributed by atoms with E-state index >= 15 is 0 Å². The van der Waals surface area contributed by atoms with Crippen molar-refractivity contribution in [3.63, 3.8) is 0 Å². The van der Waals surface area contributed by atoms with Crippen LogP contribution in [0.5, 0.6) is 0 Å². The van der Waals surface area contributed by atoms with Crippen LogP contribution in [0.2, 0.25) is 0 Å². The van der Waals surface area contributed by atoms with Gasteiger partial charge in [-0.1, -0.05) is 6.92 Å². The number of carbonyl (C=O) groups excluding carboxylic acids is 5. The minimum Gasteiger partial charge on any atom is -0.356 e. The molecule has 2 saturated carbocycles. The van der Waals surface area contributed by atoms with Gasteiger partial charge in [0.1, 0.15) is 12.6 Å². The average Bonchev–Trinajstić information content (AvgIpc) is 3.63. The second kappa shape index (κ2) is 10.1. The van der Waals surface area contributed by atoms with Crippen LogP contribution in [0, 0.1) is 11.3 Å². The van der Waals surface area contributed by atoms with Crippen molar-refractivity contribution in [1.29, 1.82) is 0 Å². The second-order valence-electron chi connectivity index (χ2n) is 10.3. The number of ketones is 1.